The van der Waals surface area contributed by atoms with E-state index in [2.05, 4.69) is 35.3 Å². The van der Waals surface area contributed by atoms with Crippen molar-refractivity contribution in [1.82, 2.24) is 14.3 Å². The summed E-state index contributed by atoms with van der Waals surface area (Å²) in [4.78, 5) is 15.2. The summed E-state index contributed by atoms with van der Waals surface area (Å²) >= 11 is 1.48. The second-order valence-electron chi connectivity index (χ2n) is 8.28. The van der Waals surface area contributed by atoms with E-state index < -0.39 is 14.9 Å². The van der Waals surface area contributed by atoms with Gasteiger partial charge in [0.05, 0.1) is 21.2 Å². The fourth-order valence-corrected chi connectivity index (χ4v) is 5.96. The number of sulfonamides is 1. The number of rotatable bonds is 10. The third-order valence-corrected chi connectivity index (χ3v) is 7.90. The normalized spacial score (nSPS) is 11.6. The van der Waals surface area contributed by atoms with Crippen LogP contribution < -0.4 is 4.72 Å². The summed E-state index contributed by atoms with van der Waals surface area (Å²) < 4.78 is 30.0. The van der Waals surface area contributed by atoms with E-state index >= 15 is 0 Å². The number of aromatic nitrogens is 2. The molecule has 36 heavy (non-hydrogen) atoms. The van der Waals surface area contributed by atoms with Gasteiger partial charge in [-0.3, -0.25) is 10.1 Å². The van der Waals surface area contributed by atoms with Crippen LogP contribution in [0, 0.1) is 10.1 Å². The van der Waals surface area contributed by atoms with Crippen molar-refractivity contribution in [3.05, 3.63) is 95.0 Å². The second-order valence-corrected chi connectivity index (χ2v) is 11.1. The highest BCUT2D eigenvalue weighted by molar-refractivity contribution is 7.99. The average molecular weight is 523 g/mol. The van der Waals surface area contributed by atoms with Gasteiger partial charge in [-0.05, 0) is 26.0 Å². The van der Waals surface area contributed by atoms with Gasteiger partial charge in [-0.15, -0.1) is 0 Å². The van der Waals surface area contributed by atoms with E-state index in [4.69, 9.17) is 4.98 Å². The first-order valence-corrected chi connectivity index (χ1v) is 13.8. The van der Waals surface area contributed by atoms with Crippen LogP contribution in [0.15, 0.2) is 95.0 Å². The summed E-state index contributed by atoms with van der Waals surface area (Å²) in [5.41, 5.74) is 3.81. The van der Waals surface area contributed by atoms with Crippen molar-refractivity contribution < 1.29 is 13.3 Å². The van der Waals surface area contributed by atoms with Crippen LogP contribution in [0.2, 0.25) is 0 Å². The number of imidazole rings is 1. The molecule has 186 valence electrons. The first-order valence-electron chi connectivity index (χ1n) is 11.4. The Kier molecular flexibility index (Phi) is 7.88. The van der Waals surface area contributed by atoms with Crippen molar-refractivity contribution in [1.29, 1.82) is 0 Å². The highest BCUT2D eigenvalue weighted by atomic mass is 32.2. The van der Waals surface area contributed by atoms with Crippen LogP contribution in [-0.4, -0.2) is 35.2 Å². The second kappa shape index (κ2) is 11.1. The highest BCUT2D eigenvalue weighted by Gasteiger charge is 2.22. The van der Waals surface area contributed by atoms with Crippen molar-refractivity contribution >= 4 is 27.5 Å². The molecular weight excluding hydrogens is 496 g/mol. The average Bonchev–Trinajstić information content (AvgIpc) is 3.27. The standard InChI is InChI=1S/C26H26N4O4S2/c1-19(2)29-25(21-11-7-4-8-12-21)24(20-9-5-3-6-10-20)28-26(29)35-18-17-27-36(33,34)23-15-13-22(14-16-23)30(31)32/h3-16,19,27H,17-18H2,1-2H3. The van der Waals surface area contributed by atoms with E-state index in [0.717, 1.165) is 27.7 Å². The van der Waals surface area contributed by atoms with Gasteiger partial charge < -0.3 is 4.57 Å². The third-order valence-electron chi connectivity index (χ3n) is 5.47. The molecule has 4 rings (SSSR count). The SMILES string of the molecule is CC(C)n1c(SCCNS(=O)(=O)c2ccc([N+](=O)[O-])cc2)nc(-c2ccccc2)c1-c1ccccc1. The topological polar surface area (TPSA) is 107 Å². The molecule has 0 aliphatic carbocycles. The molecule has 0 aliphatic rings. The van der Waals surface area contributed by atoms with Crippen LogP contribution >= 0.6 is 11.8 Å². The number of non-ortho nitro benzene ring substituents is 1. The molecule has 0 atom stereocenters. The number of hydrogen-bond acceptors (Lipinski definition) is 6. The number of nitro benzene ring substituents is 1. The summed E-state index contributed by atoms with van der Waals surface area (Å²) in [6.07, 6.45) is 0. The van der Waals surface area contributed by atoms with Crippen LogP contribution in [-0.2, 0) is 10.0 Å². The predicted molar refractivity (Wildman–Crippen MR) is 142 cm³/mol. The molecule has 0 unspecified atom stereocenters. The Morgan fingerprint density at radius 1 is 0.944 bits per heavy atom. The molecule has 0 saturated heterocycles. The van der Waals surface area contributed by atoms with Crippen molar-refractivity contribution in [3.8, 4) is 22.5 Å². The zero-order chi connectivity index (χ0) is 25.7. The van der Waals surface area contributed by atoms with Gasteiger partial charge >= 0.3 is 0 Å². The Morgan fingerprint density at radius 3 is 2.08 bits per heavy atom. The fourth-order valence-electron chi connectivity index (χ4n) is 3.81. The lowest BCUT2D eigenvalue weighted by molar-refractivity contribution is -0.384. The maximum Gasteiger partial charge on any atom is 0.269 e. The minimum Gasteiger partial charge on any atom is -0.316 e. The van der Waals surface area contributed by atoms with Gasteiger partial charge in [0.25, 0.3) is 5.69 Å². The van der Waals surface area contributed by atoms with E-state index in [-0.39, 0.29) is 23.2 Å². The first-order chi connectivity index (χ1) is 17.3. The van der Waals surface area contributed by atoms with E-state index in [0.29, 0.717) is 5.75 Å². The maximum absolute atomic E-state index is 12.6. The number of nitro groups is 1. The maximum atomic E-state index is 12.6. The van der Waals surface area contributed by atoms with Crippen LogP contribution in [0.25, 0.3) is 22.5 Å². The molecular formula is C26H26N4O4S2. The van der Waals surface area contributed by atoms with Gasteiger partial charge in [0.1, 0.15) is 0 Å². The lowest BCUT2D eigenvalue weighted by Crippen LogP contribution is -2.26. The summed E-state index contributed by atoms with van der Waals surface area (Å²) in [7, 11) is -3.79. The van der Waals surface area contributed by atoms with Crippen molar-refractivity contribution in [2.24, 2.45) is 0 Å². The minimum absolute atomic E-state index is 0.0143. The first kappa shape index (κ1) is 25.6. The number of nitrogens with zero attached hydrogens (tertiary/aromatic N) is 3. The highest BCUT2D eigenvalue weighted by Crippen LogP contribution is 2.38. The zero-order valence-electron chi connectivity index (χ0n) is 19.9. The van der Waals surface area contributed by atoms with Crippen LogP contribution in [0.4, 0.5) is 5.69 Å². The molecule has 1 heterocycles. The number of nitrogens with one attached hydrogen (secondary N) is 1. The largest absolute Gasteiger partial charge is 0.316 e. The zero-order valence-corrected chi connectivity index (χ0v) is 21.5. The Balaban J connectivity index is 1.56. The quantitative estimate of drug-likeness (QED) is 0.122. The smallest absolute Gasteiger partial charge is 0.269 e. The number of hydrogen-bond donors (Lipinski definition) is 1. The lowest BCUT2D eigenvalue weighted by atomic mass is 10.0. The molecule has 0 saturated carbocycles. The fraction of sp³-hybridized carbons (Fsp3) is 0.192. The Labute approximate surface area is 214 Å². The monoisotopic (exact) mass is 522 g/mol. The molecule has 0 amide bonds. The number of thioether (sulfide) groups is 1. The van der Waals surface area contributed by atoms with Crippen molar-refractivity contribution in [2.75, 3.05) is 12.3 Å². The Hall–Kier alpha value is -3.47. The van der Waals surface area contributed by atoms with Crippen LogP contribution in [0.1, 0.15) is 19.9 Å². The van der Waals surface area contributed by atoms with E-state index in [1.54, 1.807) is 0 Å². The Morgan fingerprint density at radius 2 is 1.53 bits per heavy atom. The molecule has 1 aromatic heterocycles. The number of benzene rings is 3. The summed E-state index contributed by atoms with van der Waals surface area (Å²) in [6, 6.07) is 25.1. The van der Waals surface area contributed by atoms with Crippen LogP contribution in [0.5, 0.6) is 0 Å². The van der Waals surface area contributed by atoms with Gasteiger partial charge in [0.15, 0.2) is 5.16 Å². The minimum atomic E-state index is -3.79. The molecule has 0 radical (unpaired) electrons. The summed E-state index contributed by atoms with van der Waals surface area (Å²) in [5.74, 6) is 0.457. The van der Waals surface area contributed by atoms with Gasteiger partial charge in [0.2, 0.25) is 10.0 Å². The summed E-state index contributed by atoms with van der Waals surface area (Å²) in [5, 5.41) is 11.6. The van der Waals surface area contributed by atoms with Crippen molar-refractivity contribution in [3.63, 3.8) is 0 Å². The molecule has 0 aliphatic heterocycles. The lowest BCUT2D eigenvalue weighted by Gasteiger charge is -2.16. The van der Waals surface area contributed by atoms with Gasteiger partial charge in [-0.2, -0.15) is 0 Å². The molecule has 10 heteroatoms. The summed E-state index contributed by atoms with van der Waals surface area (Å²) in [6.45, 7) is 4.38. The van der Waals surface area contributed by atoms with E-state index in [1.165, 1.54) is 36.0 Å². The van der Waals surface area contributed by atoms with E-state index in [9.17, 15) is 18.5 Å². The predicted octanol–water partition coefficient (Wildman–Crippen LogP) is 5.78. The molecule has 3 aromatic carbocycles. The van der Waals surface area contributed by atoms with Gasteiger partial charge in [-0.25, -0.2) is 18.1 Å². The van der Waals surface area contributed by atoms with Gasteiger partial charge in [-0.1, -0.05) is 72.4 Å². The molecule has 8 nitrogen and oxygen atoms in total. The van der Waals surface area contributed by atoms with Crippen LogP contribution in [0.3, 0.4) is 0 Å². The Bertz CT molecular complexity index is 1440. The van der Waals surface area contributed by atoms with Crippen molar-refractivity contribution in [2.45, 2.75) is 29.9 Å². The third kappa shape index (κ3) is 5.67. The molecule has 0 fully saturated rings. The van der Waals surface area contributed by atoms with E-state index in [1.807, 2.05) is 48.5 Å². The van der Waals surface area contributed by atoms with Gasteiger partial charge in [0, 0.05) is 41.6 Å². The molecule has 0 bridgehead atoms. The molecule has 1 N–H and O–H groups in total. The molecule has 0 spiro atoms. The molecule has 4 aromatic rings.